The van der Waals surface area contributed by atoms with Crippen molar-refractivity contribution in [1.29, 1.82) is 0 Å². The molecule has 2 aliphatic rings. The molecule has 0 bridgehead atoms. The lowest BCUT2D eigenvalue weighted by molar-refractivity contribution is 0.115. The van der Waals surface area contributed by atoms with Gasteiger partial charge >= 0.3 is 6.09 Å². The van der Waals surface area contributed by atoms with E-state index >= 15 is 0 Å². The maximum Gasteiger partial charge on any atom is 0.407 e. The summed E-state index contributed by atoms with van der Waals surface area (Å²) in [4.78, 5) is 25.4. The summed E-state index contributed by atoms with van der Waals surface area (Å²) in [6, 6.07) is 12.6. The molecule has 5 rings (SSSR count). The maximum absolute atomic E-state index is 11.6. The number of piperidine rings is 1. The zero-order valence-electron chi connectivity index (χ0n) is 20.2. The van der Waals surface area contributed by atoms with Gasteiger partial charge in [-0.2, -0.15) is 0 Å². The summed E-state index contributed by atoms with van der Waals surface area (Å²) in [5, 5.41) is 19.1. The Bertz CT molecular complexity index is 1160. The van der Waals surface area contributed by atoms with Crippen LogP contribution in [0, 0.1) is 5.92 Å². The number of hydrogen-bond donors (Lipinski definition) is 2. The third kappa shape index (κ3) is 5.18. The van der Waals surface area contributed by atoms with Crippen LogP contribution in [0.25, 0.3) is 11.0 Å². The SMILES string of the molecule is O=C(O)N1CCC[C@@H](Cn2c(CN(CCCO)[C@H]3CCCc4cccnc43)nc3ccccc32)C1. The number of carbonyl (C=O) groups is 1. The van der Waals surface area contributed by atoms with E-state index in [-0.39, 0.29) is 18.6 Å². The molecule has 1 saturated heterocycles. The number of pyridine rings is 1. The molecule has 0 radical (unpaired) electrons. The number of imidazole rings is 1. The number of aliphatic hydroxyl groups is 1. The summed E-state index contributed by atoms with van der Waals surface area (Å²) < 4.78 is 2.31. The molecule has 8 nitrogen and oxygen atoms in total. The molecule has 0 unspecified atom stereocenters. The third-order valence-corrected chi connectivity index (χ3v) is 7.52. The fourth-order valence-electron chi connectivity index (χ4n) is 5.84. The molecule has 3 aromatic rings. The number of aromatic nitrogens is 3. The summed E-state index contributed by atoms with van der Waals surface area (Å²) in [5.41, 5.74) is 4.54. The first kappa shape index (κ1) is 23.8. The number of benzene rings is 1. The summed E-state index contributed by atoms with van der Waals surface area (Å²) in [6.45, 7) is 3.54. The number of aryl methyl sites for hydroxylation is 1. The van der Waals surface area contributed by atoms with Crippen molar-refractivity contribution < 1.29 is 15.0 Å². The van der Waals surface area contributed by atoms with E-state index in [0.717, 1.165) is 67.7 Å². The van der Waals surface area contributed by atoms with Gasteiger partial charge in [-0.15, -0.1) is 0 Å². The highest BCUT2D eigenvalue weighted by Crippen LogP contribution is 2.34. The number of rotatable bonds is 8. The smallest absolute Gasteiger partial charge is 0.407 e. The van der Waals surface area contributed by atoms with Crippen LogP contribution in [0.1, 0.15) is 55.2 Å². The maximum atomic E-state index is 11.6. The number of para-hydroxylation sites is 2. The van der Waals surface area contributed by atoms with Gasteiger partial charge in [0, 0.05) is 39.0 Å². The van der Waals surface area contributed by atoms with Gasteiger partial charge in [0.1, 0.15) is 5.82 Å². The highest BCUT2D eigenvalue weighted by molar-refractivity contribution is 5.75. The highest BCUT2D eigenvalue weighted by atomic mass is 16.4. The quantitative estimate of drug-likeness (QED) is 0.508. The zero-order valence-corrected chi connectivity index (χ0v) is 20.2. The van der Waals surface area contributed by atoms with Crippen LogP contribution in [0.15, 0.2) is 42.6 Å². The van der Waals surface area contributed by atoms with Crippen molar-refractivity contribution in [3.63, 3.8) is 0 Å². The van der Waals surface area contributed by atoms with E-state index in [9.17, 15) is 15.0 Å². The molecule has 1 amide bonds. The average molecular weight is 478 g/mol. The Balaban J connectivity index is 1.45. The molecule has 2 atom stereocenters. The van der Waals surface area contributed by atoms with Gasteiger partial charge in [0.05, 0.1) is 29.3 Å². The lowest BCUT2D eigenvalue weighted by atomic mass is 9.90. The normalized spacial score (nSPS) is 20.3. The van der Waals surface area contributed by atoms with Gasteiger partial charge in [-0.25, -0.2) is 9.78 Å². The molecule has 0 saturated carbocycles. The van der Waals surface area contributed by atoms with Crippen molar-refractivity contribution in [2.24, 2.45) is 5.92 Å². The molecular weight excluding hydrogens is 442 g/mol. The van der Waals surface area contributed by atoms with Crippen LogP contribution in [0.5, 0.6) is 0 Å². The predicted octanol–water partition coefficient (Wildman–Crippen LogP) is 4.08. The number of nitrogens with zero attached hydrogens (tertiary/aromatic N) is 5. The second kappa shape index (κ2) is 10.7. The number of carboxylic acid groups (broad SMARTS) is 1. The van der Waals surface area contributed by atoms with Crippen LogP contribution in [0.2, 0.25) is 0 Å². The van der Waals surface area contributed by atoms with E-state index in [1.54, 1.807) is 4.90 Å². The van der Waals surface area contributed by atoms with Crippen molar-refractivity contribution in [2.45, 2.75) is 57.7 Å². The largest absolute Gasteiger partial charge is 0.465 e. The van der Waals surface area contributed by atoms with E-state index in [2.05, 4.69) is 27.7 Å². The van der Waals surface area contributed by atoms with Crippen molar-refractivity contribution in [3.8, 4) is 0 Å². The summed E-state index contributed by atoms with van der Waals surface area (Å²) in [5.74, 6) is 1.26. The van der Waals surface area contributed by atoms with E-state index < -0.39 is 6.09 Å². The summed E-state index contributed by atoms with van der Waals surface area (Å²) in [6.07, 6.45) is 6.91. The predicted molar refractivity (Wildman–Crippen MR) is 134 cm³/mol. The Hall–Kier alpha value is -2.97. The van der Waals surface area contributed by atoms with E-state index in [0.29, 0.717) is 26.1 Å². The van der Waals surface area contributed by atoms with E-state index in [1.165, 1.54) is 5.56 Å². The minimum absolute atomic E-state index is 0.155. The summed E-state index contributed by atoms with van der Waals surface area (Å²) >= 11 is 0. The van der Waals surface area contributed by atoms with Gasteiger partial charge < -0.3 is 19.7 Å². The Morgan fingerprint density at radius 1 is 1.14 bits per heavy atom. The molecule has 3 heterocycles. The molecular formula is C27H35N5O3. The molecule has 1 fully saturated rings. The monoisotopic (exact) mass is 477 g/mol. The molecule has 2 N–H and O–H groups in total. The highest BCUT2D eigenvalue weighted by Gasteiger charge is 2.29. The first-order valence-electron chi connectivity index (χ1n) is 12.8. The Morgan fingerprint density at radius 3 is 2.89 bits per heavy atom. The fourth-order valence-corrected chi connectivity index (χ4v) is 5.84. The second-order valence-corrected chi connectivity index (χ2v) is 9.87. The minimum Gasteiger partial charge on any atom is -0.465 e. The van der Waals surface area contributed by atoms with Crippen LogP contribution < -0.4 is 0 Å². The van der Waals surface area contributed by atoms with Crippen LogP contribution in [0.4, 0.5) is 4.79 Å². The molecule has 35 heavy (non-hydrogen) atoms. The lowest BCUT2D eigenvalue weighted by Crippen LogP contribution is -2.40. The van der Waals surface area contributed by atoms with Gasteiger partial charge in [-0.05, 0) is 68.2 Å². The third-order valence-electron chi connectivity index (χ3n) is 7.52. The molecule has 8 heteroatoms. The van der Waals surface area contributed by atoms with Crippen molar-refractivity contribution >= 4 is 17.1 Å². The number of fused-ring (bicyclic) bond motifs is 2. The van der Waals surface area contributed by atoms with Gasteiger partial charge in [0.2, 0.25) is 0 Å². The van der Waals surface area contributed by atoms with Gasteiger partial charge in [0.15, 0.2) is 0 Å². The van der Waals surface area contributed by atoms with Crippen LogP contribution in [-0.4, -0.2) is 66.9 Å². The molecule has 0 spiro atoms. The fraction of sp³-hybridized carbons (Fsp3) is 0.519. The Labute approximate surface area is 206 Å². The van der Waals surface area contributed by atoms with Gasteiger partial charge in [-0.3, -0.25) is 9.88 Å². The first-order valence-corrected chi connectivity index (χ1v) is 12.8. The molecule has 2 aromatic heterocycles. The molecule has 1 aromatic carbocycles. The molecule has 1 aliphatic heterocycles. The number of aliphatic hydroxyl groups excluding tert-OH is 1. The van der Waals surface area contributed by atoms with E-state index in [1.807, 2.05) is 24.4 Å². The van der Waals surface area contributed by atoms with Gasteiger partial charge in [-0.1, -0.05) is 18.2 Å². The number of likely N-dealkylation sites (tertiary alicyclic amines) is 1. The van der Waals surface area contributed by atoms with Crippen LogP contribution >= 0.6 is 0 Å². The number of hydrogen-bond acceptors (Lipinski definition) is 5. The molecule has 1 aliphatic carbocycles. The Kier molecular flexibility index (Phi) is 7.29. The van der Waals surface area contributed by atoms with Crippen molar-refractivity contribution in [2.75, 3.05) is 26.2 Å². The number of amides is 1. The lowest BCUT2D eigenvalue weighted by Gasteiger charge is -2.35. The standard InChI is InChI=1S/C27H35N5O3/c33-16-6-15-30(24-12-3-8-21-9-4-13-28-26(21)24)19-25-29-22-10-1-2-11-23(22)32(25)18-20-7-5-14-31(17-20)27(34)35/h1-2,4,9-11,13,20,24,33H,3,5-8,12,14-19H2,(H,34,35)/t20-,24+/m1/s1. The van der Waals surface area contributed by atoms with Crippen molar-refractivity contribution in [3.05, 3.63) is 59.7 Å². The summed E-state index contributed by atoms with van der Waals surface area (Å²) in [7, 11) is 0. The van der Waals surface area contributed by atoms with Crippen LogP contribution in [-0.2, 0) is 19.5 Å². The minimum atomic E-state index is -0.830. The topological polar surface area (TPSA) is 94.7 Å². The first-order chi connectivity index (χ1) is 17.1. The zero-order chi connectivity index (χ0) is 24.2. The second-order valence-electron chi connectivity index (χ2n) is 9.87. The Morgan fingerprint density at radius 2 is 2.03 bits per heavy atom. The van der Waals surface area contributed by atoms with Crippen molar-refractivity contribution in [1.82, 2.24) is 24.3 Å². The van der Waals surface area contributed by atoms with E-state index in [4.69, 9.17) is 9.97 Å². The van der Waals surface area contributed by atoms with Crippen LogP contribution in [0.3, 0.4) is 0 Å². The average Bonchev–Trinajstić information content (AvgIpc) is 3.23. The van der Waals surface area contributed by atoms with Gasteiger partial charge in [0.25, 0.3) is 0 Å². The molecule has 186 valence electrons.